The lowest BCUT2D eigenvalue weighted by Crippen LogP contribution is -2.41. The Labute approximate surface area is 126 Å². The first-order valence-corrected chi connectivity index (χ1v) is 7.87. The van der Waals surface area contributed by atoms with Crippen LogP contribution in [0.4, 0.5) is 0 Å². The number of furan rings is 1. The molecule has 3 rings (SSSR count). The van der Waals surface area contributed by atoms with E-state index < -0.39 is 0 Å². The summed E-state index contributed by atoms with van der Waals surface area (Å²) < 4.78 is 5.61. The highest BCUT2D eigenvalue weighted by molar-refractivity contribution is 5.26. The molecule has 0 amide bonds. The number of nitrogens with one attached hydrogen (secondary N) is 1. The highest BCUT2D eigenvalue weighted by Gasteiger charge is 2.26. The van der Waals surface area contributed by atoms with Crippen LogP contribution in [0.15, 0.2) is 53.1 Å². The zero-order chi connectivity index (χ0) is 14.5. The molecule has 1 aliphatic rings. The molecule has 21 heavy (non-hydrogen) atoms. The molecule has 1 aliphatic carbocycles. The number of hydrogen-bond donors (Lipinski definition) is 2. The fourth-order valence-electron chi connectivity index (χ4n) is 3.14. The molecular weight excluding hydrogens is 262 g/mol. The average Bonchev–Trinajstić information content (AvgIpc) is 2.97. The summed E-state index contributed by atoms with van der Waals surface area (Å²) in [6.45, 7) is 0. The second kappa shape index (κ2) is 6.92. The van der Waals surface area contributed by atoms with Crippen LogP contribution in [0.1, 0.15) is 49.5 Å². The summed E-state index contributed by atoms with van der Waals surface area (Å²) in [6, 6.07) is 14.3. The molecule has 3 atom stereocenters. The lowest BCUT2D eigenvalue weighted by molar-refractivity contribution is 0.114. The topological polar surface area (TPSA) is 45.4 Å². The molecule has 3 heteroatoms. The van der Waals surface area contributed by atoms with Crippen LogP contribution < -0.4 is 5.32 Å². The molecular formula is C18H23NO2. The molecule has 0 radical (unpaired) electrons. The first-order valence-electron chi connectivity index (χ1n) is 7.87. The number of rotatable bonds is 4. The zero-order valence-corrected chi connectivity index (χ0v) is 12.2. The van der Waals surface area contributed by atoms with Crippen molar-refractivity contribution in [2.24, 2.45) is 0 Å². The fourth-order valence-corrected chi connectivity index (χ4v) is 3.14. The third-order valence-corrected chi connectivity index (χ3v) is 4.32. The smallest absolute Gasteiger partial charge is 0.125 e. The van der Waals surface area contributed by atoms with Crippen LogP contribution in [0.3, 0.4) is 0 Å². The van der Waals surface area contributed by atoms with Gasteiger partial charge in [-0.15, -0.1) is 0 Å². The molecule has 2 N–H and O–H groups in total. The molecule has 1 heterocycles. The van der Waals surface area contributed by atoms with Crippen molar-refractivity contribution in [3.05, 3.63) is 60.1 Å². The number of aliphatic hydroxyl groups excluding tert-OH is 1. The highest BCUT2D eigenvalue weighted by Crippen LogP contribution is 2.26. The van der Waals surface area contributed by atoms with Crippen LogP contribution in [0.25, 0.3) is 0 Å². The maximum Gasteiger partial charge on any atom is 0.125 e. The van der Waals surface area contributed by atoms with E-state index in [1.807, 2.05) is 30.3 Å². The van der Waals surface area contributed by atoms with Crippen molar-refractivity contribution in [2.45, 2.75) is 50.3 Å². The minimum atomic E-state index is -0.270. The van der Waals surface area contributed by atoms with Crippen molar-refractivity contribution < 1.29 is 9.52 Å². The maximum absolute atomic E-state index is 10.3. The van der Waals surface area contributed by atoms with E-state index in [1.54, 1.807) is 6.26 Å². The van der Waals surface area contributed by atoms with Gasteiger partial charge in [-0.05, 0) is 30.5 Å². The number of aliphatic hydroxyl groups is 1. The van der Waals surface area contributed by atoms with Crippen molar-refractivity contribution in [2.75, 3.05) is 0 Å². The molecule has 112 valence electrons. The molecule has 0 spiro atoms. The largest absolute Gasteiger partial charge is 0.467 e. The normalized spacial score (nSPS) is 24.4. The lowest BCUT2D eigenvalue weighted by atomic mass is 9.99. The first kappa shape index (κ1) is 14.4. The molecule has 2 aromatic rings. The van der Waals surface area contributed by atoms with Gasteiger partial charge in [0, 0.05) is 6.04 Å². The van der Waals surface area contributed by atoms with E-state index in [0.29, 0.717) is 0 Å². The van der Waals surface area contributed by atoms with E-state index >= 15 is 0 Å². The van der Waals surface area contributed by atoms with E-state index in [-0.39, 0.29) is 18.2 Å². The molecule has 1 aromatic carbocycles. The van der Waals surface area contributed by atoms with Crippen LogP contribution in [0.2, 0.25) is 0 Å². The summed E-state index contributed by atoms with van der Waals surface area (Å²) in [7, 11) is 0. The van der Waals surface area contributed by atoms with Crippen molar-refractivity contribution in [3.8, 4) is 0 Å². The molecule has 0 aliphatic heterocycles. The second-order valence-corrected chi connectivity index (χ2v) is 5.84. The predicted molar refractivity (Wildman–Crippen MR) is 83.0 cm³/mol. The van der Waals surface area contributed by atoms with Gasteiger partial charge in [0.25, 0.3) is 0 Å². The van der Waals surface area contributed by atoms with Gasteiger partial charge in [0.2, 0.25) is 0 Å². The van der Waals surface area contributed by atoms with Gasteiger partial charge in [-0.1, -0.05) is 49.6 Å². The van der Waals surface area contributed by atoms with E-state index in [2.05, 4.69) is 17.4 Å². The quantitative estimate of drug-likeness (QED) is 0.843. The van der Waals surface area contributed by atoms with E-state index in [0.717, 1.165) is 25.0 Å². The SMILES string of the molecule is OC1CCCCCC1NC(c1ccccc1)c1ccco1. The van der Waals surface area contributed by atoms with Gasteiger partial charge < -0.3 is 9.52 Å². The molecule has 1 fully saturated rings. The monoisotopic (exact) mass is 285 g/mol. The molecule has 0 saturated heterocycles. The summed E-state index contributed by atoms with van der Waals surface area (Å²) in [5.74, 6) is 0.901. The zero-order valence-electron chi connectivity index (χ0n) is 12.2. The summed E-state index contributed by atoms with van der Waals surface area (Å²) in [5, 5.41) is 14.0. The van der Waals surface area contributed by atoms with Crippen molar-refractivity contribution in [3.63, 3.8) is 0 Å². The first-order chi connectivity index (χ1) is 10.3. The third-order valence-electron chi connectivity index (χ3n) is 4.32. The Morgan fingerprint density at radius 1 is 1.00 bits per heavy atom. The summed E-state index contributed by atoms with van der Waals surface area (Å²) >= 11 is 0. The minimum absolute atomic E-state index is 0.000972. The standard InChI is InChI=1S/C18H23NO2/c20-16-11-6-2-5-10-15(16)19-18(17-12-7-13-21-17)14-8-3-1-4-9-14/h1,3-4,7-9,12-13,15-16,18-20H,2,5-6,10-11H2. The maximum atomic E-state index is 10.3. The Morgan fingerprint density at radius 3 is 2.57 bits per heavy atom. The van der Waals surface area contributed by atoms with Crippen LogP contribution >= 0.6 is 0 Å². The minimum Gasteiger partial charge on any atom is -0.467 e. The third kappa shape index (κ3) is 3.55. The number of hydrogen-bond acceptors (Lipinski definition) is 3. The highest BCUT2D eigenvalue weighted by atomic mass is 16.3. The summed E-state index contributed by atoms with van der Waals surface area (Å²) in [6.07, 6.45) is 6.85. The van der Waals surface area contributed by atoms with Crippen molar-refractivity contribution in [1.82, 2.24) is 5.32 Å². The van der Waals surface area contributed by atoms with Crippen LogP contribution in [-0.2, 0) is 0 Å². The van der Waals surface area contributed by atoms with Gasteiger partial charge in [0.15, 0.2) is 0 Å². The lowest BCUT2D eigenvalue weighted by Gasteiger charge is -2.27. The van der Waals surface area contributed by atoms with Gasteiger partial charge in [0.1, 0.15) is 5.76 Å². The van der Waals surface area contributed by atoms with E-state index in [4.69, 9.17) is 4.42 Å². The Bertz CT molecular complexity index is 523. The fraction of sp³-hybridized carbons (Fsp3) is 0.444. The van der Waals surface area contributed by atoms with Crippen molar-refractivity contribution in [1.29, 1.82) is 0 Å². The summed E-state index contributed by atoms with van der Waals surface area (Å²) in [5.41, 5.74) is 1.17. The van der Waals surface area contributed by atoms with Gasteiger partial charge in [-0.2, -0.15) is 0 Å². The summed E-state index contributed by atoms with van der Waals surface area (Å²) in [4.78, 5) is 0. The van der Waals surface area contributed by atoms with Gasteiger partial charge in [-0.25, -0.2) is 0 Å². The van der Waals surface area contributed by atoms with Gasteiger partial charge in [0.05, 0.1) is 18.4 Å². The molecule has 1 aromatic heterocycles. The average molecular weight is 285 g/mol. The Hall–Kier alpha value is -1.58. The van der Waals surface area contributed by atoms with E-state index in [9.17, 15) is 5.11 Å². The van der Waals surface area contributed by atoms with Gasteiger partial charge >= 0.3 is 0 Å². The van der Waals surface area contributed by atoms with Crippen LogP contribution in [0.5, 0.6) is 0 Å². The van der Waals surface area contributed by atoms with Gasteiger partial charge in [-0.3, -0.25) is 5.32 Å². The Morgan fingerprint density at radius 2 is 1.81 bits per heavy atom. The Balaban J connectivity index is 1.82. The predicted octanol–water partition coefficient (Wildman–Crippen LogP) is 3.65. The Kier molecular flexibility index (Phi) is 4.73. The van der Waals surface area contributed by atoms with E-state index in [1.165, 1.54) is 18.4 Å². The van der Waals surface area contributed by atoms with Crippen LogP contribution in [-0.4, -0.2) is 17.3 Å². The molecule has 3 unspecified atom stereocenters. The number of benzene rings is 1. The molecule has 0 bridgehead atoms. The molecule has 3 nitrogen and oxygen atoms in total. The second-order valence-electron chi connectivity index (χ2n) is 5.84. The van der Waals surface area contributed by atoms with Crippen LogP contribution in [0, 0.1) is 0 Å². The van der Waals surface area contributed by atoms with Crippen molar-refractivity contribution >= 4 is 0 Å². The molecule has 1 saturated carbocycles.